The first-order chi connectivity index (χ1) is 11.5. The number of nitrogens with one attached hydrogen (secondary N) is 2. The highest BCUT2D eigenvalue weighted by molar-refractivity contribution is 6.05. The summed E-state index contributed by atoms with van der Waals surface area (Å²) in [5.74, 6) is 0.599. The van der Waals surface area contributed by atoms with E-state index < -0.39 is 0 Å². The number of anilines is 2. The number of pyridine rings is 1. The van der Waals surface area contributed by atoms with Crippen LogP contribution >= 0.6 is 0 Å². The fraction of sp³-hybridized carbons (Fsp3) is 0.368. The number of aryl methyl sites for hydroxylation is 2. The van der Waals surface area contributed by atoms with Crippen molar-refractivity contribution in [3.8, 4) is 0 Å². The maximum absolute atomic E-state index is 12.6. The molecular formula is C19H26N4O. The second kappa shape index (κ2) is 8.45. The third-order valence-corrected chi connectivity index (χ3v) is 3.87. The van der Waals surface area contributed by atoms with E-state index in [2.05, 4.69) is 27.4 Å². The van der Waals surface area contributed by atoms with E-state index in [1.807, 2.05) is 39.2 Å². The van der Waals surface area contributed by atoms with Crippen LogP contribution in [0.25, 0.3) is 0 Å². The Kier molecular flexibility index (Phi) is 6.32. The molecule has 0 aliphatic rings. The number of likely N-dealkylation sites (N-methyl/N-ethyl adjacent to an activating group) is 1. The molecule has 0 fully saturated rings. The van der Waals surface area contributed by atoms with Gasteiger partial charge in [-0.15, -0.1) is 0 Å². The van der Waals surface area contributed by atoms with Crippen LogP contribution in [0, 0.1) is 6.92 Å². The summed E-state index contributed by atoms with van der Waals surface area (Å²) >= 11 is 0. The van der Waals surface area contributed by atoms with Gasteiger partial charge in [0.25, 0.3) is 5.91 Å². The van der Waals surface area contributed by atoms with Crippen molar-refractivity contribution in [2.75, 3.05) is 37.8 Å². The van der Waals surface area contributed by atoms with Gasteiger partial charge in [-0.05, 0) is 50.7 Å². The third kappa shape index (κ3) is 4.80. The fourth-order valence-corrected chi connectivity index (χ4v) is 2.46. The lowest BCUT2D eigenvalue weighted by Crippen LogP contribution is -2.21. The molecule has 0 saturated heterocycles. The summed E-state index contributed by atoms with van der Waals surface area (Å²) in [5.41, 5.74) is 3.72. The molecule has 2 aromatic rings. The van der Waals surface area contributed by atoms with Crippen LogP contribution in [0.5, 0.6) is 0 Å². The Bertz CT molecular complexity index is 698. The van der Waals surface area contributed by atoms with Gasteiger partial charge in [0.15, 0.2) is 0 Å². The molecule has 0 atom stereocenters. The highest BCUT2D eigenvalue weighted by atomic mass is 16.1. The molecule has 2 rings (SSSR count). The van der Waals surface area contributed by atoms with Crippen molar-refractivity contribution >= 4 is 17.4 Å². The molecular weight excluding hydrogens is 300 g/mol. The van der Waals surface area contributed by atoms with E-state index in [1.165, 1.54) is 0 Å². The number of amides is 1. The summed E-state index contributed by atoms with van der Waals surface area (Å²) in [5, 5.41) is 6.28. The molecule has 0 spiro atoms. The molecule has 0 aliphatic carbocycles. The summed E-state index contributed by atoms with van der Waals surface area (Å²) in [7, 11) is 4.04. The molecule has 5 heteroatoms. The number of nitrogens with zero attached hydrogens (tertiary/aromatic N) is 2. The quantitative estimate of drug-likeness (QED) is 0.820. The van der Waals surface area contributed by atoms with Crippen LogP contribution in [0.4, 0.5) is 11.5 Å². The Labute approximate surface area is 144 Å². The first-order valence-electron chi connectivity index (χ1n) is 8.25. The number of hydrogen-bond donors (Lipinski definition) is 2. The molecule has 24 heavy (non-hydrogen) atoms. The average molecular weight is 326 g/mol. The second-order valence-corrected chi connectivity index (χ2v) is 6.08. The van der Waals surface area contributed by atoms with Crippen molar-refractivity contribution in [2.45, 2.75) is 20.3 Å². The first-order valence-corrected chi connectivity index (χ1v) is 8.25. The highest BCUT2D eigenvalue weighted by Gasteiger charge is 2.11. The zero-order valence-electron chi connectivity index (χ0n) is 14.9. The average Bonchev–Trinajstić information content (AvgIpc) is 2.56. The minimum atomic E-state index is -0.114. The standard InChI is InChI=1S/C19H26N4O/c1-5-15-8-6-7-14(2)18(15)22-19(24)16-9-10-20-17(13-16)21-11-12-23(3)4/h6-10,13H,5,11-12H2,1-4H3,(H,20,21)(H,22,24). The van der Waals surface area contributed by atoms with Crippen molar-refractivity contribution in [1.29, 1.82) is 0 Å². The molecule has 0 aliphatic heterocycles. The van der Waals surface area contributed by atoms with Gasteiger partial charge in [-0.25, -0.2) is 4.98 Å². The Balaban J connectivity index is 2.10. The lowest BCUT2D eigenvalue weighted by atomic mass is 10.1. The van der Waals surface area contributed by atoms with E-state index in [0.717, 1.165) is 36.3 Å². The molecule has 1 heterocycles. The number of aromatic nitrogens is 1. The van der Waals surface area contributed by atoms with E-state index in [0.29, 0.717) is 11.4 Å². The Morgan fingerprint density at radius 2 is 2.04 bits per heavy atom. The molecule has 0 bridgehead atoms. The van der Waals surface area contributed by atoms with Crippen molar-refractivity contribution in [3.63, 3.8) is 0 Å². The molecule has 1 aromatic carbocycles. The molecule has 0 radical (unpaired) electrons. The maximum atomic E-state index is 12.6. The summed E-state index contributed by atoms with van der Waals surface area (Å²) in [6.45, 7) is 5.78. The molecule has 1 amide bonds. The van der Waals surface area contributed by atoms with E-state index in [4.69, 9.17) is 0 Å². The normalized spacial score (nSPS) is 10.7. The Hall–Kier alpha value is -2.40. The van der Waals surface area contributed by atoms with Crippen LogP contribution in [-0.4, -0.2) is 43.0 Å². The van der Waals surface area contributed by atoms with Gasteiger partial charge >= 0.3 is 0 Å². The SMILES string of the molecule is CCc1cccc(C)c1NC(=O)c1ccnc(NCCN(C)C)c1. The van der Waals surface area contributed by atoms with Crippen molar-refractivity contribution in [2.24, 2.45) is 0 Å². The van der Waals surface area contributed by atoms with Crippen LogP contribution in [0.15, 0.2) is 36.5 Å². The van der Waals surface area contributed by atoms with E-state index >= 15 is 0 Å². The van der Waals surface area contributed by atoms with Crippen LogP contribution in [0.2, 0.25) is 0 Å². The lowest BCUT2D eigenvalue weighted by Gasteiger charge is -2.14. The van der Waals surface area contributed by atoms with Gasteiger partial charge in [0.1, 0.15) is 5.82 Å². The van der Waals surface area contributed by atoms with Crippen LogP contribution in [-0.2, 0) is 6.42 Å². The van der Waals surface area contributed by atoms with Crippen molar-refractivity contribution in [1.82, 2.24) is 9.88 Å². The van der Waals surface area contributed by atoms with Gasteiger partial charge in [0.2, 0.25) is 0 Å². The number of hydrogen-bond acceptors (Lipinski definition) is 4. The van der Waals surface area contributed by atoms with Crippen molar-refractivity contribution in [3.05, 3.63) is 53.2 Å². The highest BCUT2D eigenvalue weighted by Crippen LogP contribution is 2.22. The van der Waals surface area contributed by atoms with Crippen LogP contribution in [0.1, 0.15) is 28.4 Å². The number of para-hydroxylation sites is 1. The monoisotopic (exact) mass is 326 g/mol. The maximum Gasteiger partial charge on any atom is 0.255 e. The predicted octanol–water partition coefficient (Wildman–Crippen LogP) is 3.18. The summed E-state index contributed by atoms with van der Waals surface area (Å²) < 4.78 is 0. The van der Waals surface area contributed by atoms with Gasteiger partial charge in [-0.1, -0.05) is 25.1 Å². The topological polar surface area (TPSA) is 57.3 Å². The van der Waals surface area contributed by atoms with E-state index in [1.54, 1.807) is 18.3 Å². The lowest BCUT2D eigenvalue weighted by molar-refractivity contribution is 0.102. The number of carbonyl (C=O) groups excluding carboxylic acids is 1. The molecule has 5 nitrogen and oxygen atoms in total. The van der Waals surface area contributed by atoms with E-state index in [9.17, 15) is 4.79 Å². The van der Waals surface area contributed by atoms with Gasteiger partial charge in [0, 0.05) is 30.5 Å². The second-order valence-electron chi connectivity index (χ2n) is 6.08. The largest absolute Gasteiger partial charge is 0.369 e. The smallest absolute Gasteiger partial charge is 0.255 e. The molecule has 2 N–H and O–H groups in total. The number of rotatable bonds is 7. The zero-order valence-corrected chi connectivity index (χ0v) is 14.9. The summed E-state index contributed by atoms with van der Waals surface area (Å²) in [6, 6.07) is 9.59. The van der Waals surface area contributed by atoms with Gasteiger partial charge in [0.05, 0.1) is 0 Å². The molecule has 0 unspecified atom stereocenters. The number of carbonyl (C=O) groups is 1. The molecule has 1 aromatic heterocycles. The molecule has 0 saturated carbocycles. The third-order valence-electron chi connectivity index (χ3n) is 3.87. The molecule has 128 valence electrons. The van der Waals surface area contributed by atoms with Gasteiger partial charge in [-0.2, -0.15) is 0 Å². The first kappa shape index (κ1) is 17.9. The van der Waals surface area contributed by atoms with Gasteiger partial charge < -0.3 is 15.5 Å². The zero-order chi connectivity index (χ0) is 17.5. The Morgan fingerprint density at radius 3 is 2.75 bits per heavy atom. The fourth-order valence-electron chi connectivity index (χ4n) is 2.46. The van der Waals surface area contributed by atoms with Gasteiger partial charge in [-0.3, -0.25) is 4.79 Å². The number of benzene rings is 1. The minimum Gasteiger partial charge on any atom is -0.369 e. The summed E-state index contributed by atoms with van der Waals surface area (Å²) in [6.07, 6.45) is 2.54. The van der Waals surface area contributed by atoms with Crippen molar-refractivity contribution < 1.29 is 4.79 Å². The van der Waals surface area contributed by atoms with E-state index in [-0.39, 0.29) is 5.91 Å². The van der Waals surface area contributed by atoms with Crippen LogP contribution in [0.3, 0.4) is 0 Å². The van der Waals surface area contributed by atoms with Crippen LogP contribution < -0.4 is 10.6 Å². The summed E-state index contributed by atoms with van der Waals surface area (Å²) in [4.78, 5) is 19.0. The minimum absolute atomic E-state index is 0.114. The predicted molar refractivity (Wildman–Crippen MR) is 99.8 cm³/mol. The Morgan fingerprint density at radius 1 is 1.25 bits per heavy atom.